The monoisotopic (exact) mass is 204 g/mol. The van der Waals surface area contributed by atoms with Crippen molar-refractivity contribution in [1.29, 1.82) is 0 Å². The Bertz CT molecular complexity index is 303. The Labute approximate surface area is 79.3 Å². The third-order valence-electron chi connectivity index (χ3n) is 2.13. The van der Waals surface area contributed by atoms with Crippen LogP contribution in [0.25, 0.3) is 0 Å². The van der Waals surface area contributed by atoms with E-state index in [1.165, 1.54) is 0 Å². The standard InChI is InChI=1S/C9H7ClF2O/c10-9(11,12)8(6-13-8)7-4-2-1-3-5-7/h1-5H,6H2. The summed E-state index contributed by atoms with van der Waals surface area (Å²) in [5, 5.41) is -3.34. The SMILES string of the molecule is FC(F)(Cl)C1(c2ccccc2)CO1. The zero-order valence-electron chi connectivity index (χ0n) is 6.64. The molecule has 0 aromatic heterocycles. The molecule has 0 N–H and O–H groups in total. The van der Waals surface area contributed by atoms with Crippen LogP contribution in [-0.4, -0.2) is 12.0 Å². The van der Waals surface area contributed by atoms with Gasteiger partial charge >= 0.3 is 5.38 Å². The number of epoxide rings is 1. The van der Waals surface area contributed by atoms with Gasteiger partial charge in [-0.15, -0.1) is 0 Å². The molecule has 0 aliphatic carbocycles. The lowest BCUT2D eigenvalue weighted by Crippen LogP contribution is -2.28. The number of hydrogen-bond acceptors (Lipinski definition) is 1. The highest BCUT2D eigenvalue weighted by Gasteiger charge is 2.64. The van der Waals surface area contributed by atoms with Crippen LogP contribution in [0, 0.1) is 0 Å². The van der Waals surface area contributed by atoms with Gasteiger partial charge in [-0.3, -0.25) is 0 Å². The van der Waals surface area contributed by atoms with Crippen LogP contribution < -0.4 is 0 Å². The van der Waals surface area contributed by atoms with Crippen LogP contribution in [0.4, 0.5) is 8.78 Å². The van der Waals surface area contributed by atoms with Crippen LogP contribution in [-0.2, 0) is 10.3 Å². The first-order valence-corrected chi connectivity index (χ1v) is 4.20. The third kappa shape index (κ3) is 1.32. The molecule has 70 valence electrons. The Hall–Kier alpha value is -0.670. The normalized spacial score (nSPS) is 27.3. The molecule has 1 aliphatic heterocycles. The summed E-state index contributed by atoms with van der Waals surface area (Å²) < 4.78 is 30.5. The van der Waals surface area contributed by atoms with Crippen molar-refractivity contribution >= 4 is 11.6 Å². The van der Waals surface area contributed by atoms with Gasteiger partial charge in [-0.1, -0.05) is 30.3 Å². The summed E-state index contributed by atoms with van der Waals surface area (Å²) >= 11 is 4.96. The van der Waals surface area contributed by atoms with Crippen molar-refractivity contribution in [3.05, 3.63) is 35.9 Å². The van der Waals surface area contributed by atoms with Gasteiger partial charge < -0.3 is 4.74 Å². The first-order chi connectivity index (χ1) is 6.06. The summed E-state index contributed by atoms with van der Waals surface area (Å²) in [6.45, 7) is -0.0203. The number of ether oxygens (including phenoxy) is 1. The van der Waals surface area contributed by atoms with Crippen molar-refractivity contribution < 1.29 is 13.5 Å². The molecule has 1 aromatic rings. The molecule has 1 aromatic carbocycles. The summed E-state index contributed by atoms with van der Waals surface area (Å²) in [5.74, 6) is 0. The minimum atomic E-state index is -3.34. The molecule has 4 heteroatoms. The topological polar surface area (TPSA) is 12.5 Å². The second-order valence-electron chi connectivity index (χ2n) is 2.98. The molecule has 1 heterocycles. The minimum absolute atomic E-state index is 0.0203. The zero-order valence-corrected chi connectivity index (χ0v) is 7.39. The third-order valence-corrected chi connectivity index (χ3v) is 2.44. The first kappa shape index (κ1) is 8.91. The molecule has 0 radical (unpaired) electrons. The second kappa shape index (κ2) is 2.66. The van der Waals surface area contributed by atoms with Crippen molar-refractivity contribution in [3.8, 4) is 0 Å². The number of halogens is 3. The smallest absolute Gasteiger partial charge is 0.356 e. The predicted octanol–water partition coefficient (Wildman–Crippen LogP) is 2.74. The molecular weight excluding hydrogens is 198 g/mol. The molecule has 0 saturated carbocycles. The van der Waals surface area contributed by atoms with Gasteiger partial charge in [-0.2, -0.15) is 8.78 Å². The lowest BCUT2D eigenvalue weighted by atomic mass is 10.0. The van der Waals surface area contributed by atoms with E-state index in [0.29, 0.717) is 5.56 Å². The van der Waals surface area contributed by atoms with Crippen molar-refractivity contribution in [2.24, 2.45) is 0 Å². The van der Waals surface area contributed by atoms with Crippen molar-refractivity contribution in [2.45, 2.75) is 11.0 Å². The Morgan fingerprint density at radius 2 is 1.85 bits per heavy atom. The van der Waals surface area contributed by atoms with E-state index in [0.717, 1.165) is 0 Å². The van der Waals surface area contributed by atoms with Crippen molar-refractivity contribution in [2.75, 3.05) is 6.61 Å². The summed E-state index contributed by atoms with van der Waals surface area (Å²) in [6, 6.07) is 8.29. The fourth-order valence-corrected chi connectivity index (χ4v) is 1.49. The van der Waals surface area contributed by atoms with Gasteiger partial charge in [0.05, 0.1) is 6.61 Å². The van der Waals surface area contributed by atoms with Crippen LogP contribution in [0.1, 0.15) is 5.56 Å². The molecule has 1 aliphatic rings. The van der Waals surface area contributed by atoms with E-state index in [4.69, 9.17) is 16.3 Å². The highest BCUT2D eigenvalue weighted by Crippen LogP contribution is 2.52. The Balaban J connectivity index is 2.37. The molecule has 1 fully saturated rings. The number of benzene rings is 1. The summed E-state index contributed by atoms with van der Waals surface area (Å²) in [5.41, 5.74) is -1.16. The highest BCUT2D eigenvalue weighted by molar-refractivity contribution is 6.22. The largest absolute Gasteiger partial charge is 0.356 e. The number of alkyl halides is 3. The lowest BCUT2D eigenvalue weighted by molar-refractivity contribution is 0.00139. The second-order valence-corrected chi connectivity index (χ2v) is 3.45. The van der Waals surface area contributed by atoms with E-state index >= 15 is 0 Å². The van der Waals surface area contributed by atoms with Crippen molar-refractivity contribution in [3.63, 3.8) is 0 Å². The Morgan fingerprint density at radius 3 is 2.23 bits per heavy atom. The van der Waals surface area contributed by atoms with Crippen LogP contribution in [0.2, 0.25) is 0 Å². The van der Waals surface area contributed by atoms with E-state index in [1.807, 2.05) is 0 Å². The Morgan fingerprint density at radius 1 is 1.31 bits per heavy atom. The van der Waals surface area contributed by atoms with Gasteiger partial charge in [-0.05, 0) is 17.2 Å². The molecule has 13 heavy (non-hydrogen) atoms. The van der Waals surface area contributed by atoms with Gasteiger partial charge in [0.15, 0.2) is 5.60 Å². The molecule has 1 saturated heterocycles. The molecule has 2 rings (SSSR count). The molecule has 0 amide bonds. The van der Waals surface area contributed by atoms with Gasteiger partial charge in [-0.25, -0.2) is 0 Å². The summed E-state index contributed by atoms with van der Waals surface area (Å²) in [4.78, 5) is 0. The quantitative estimate of drug-likeness (QED) is 0.533. The lowest BCUT2D eigenvalue weighted by Gasteiger charge is -2.17. The Kier molecular flexibility index (Phi) is 1.82. The van der Waals surface area contributed by atoms with Gasteiger partial charge in [0.2, 0.25) is 0 Å². The summed E-state index contributed by atoms with van der Waals surface area (Å²) in [6.07, 6.45) is 0. The van der Waals surface area contributed by atoms with Gasteiger partial charge in [0.1, 0.15) is 0 Å². The maximum Gasteiger partial charge on any atom is 0.356 e. The van der Waals surface area contributed by atoms with E-state index in [1.54, 1.807) is 30.3 Å². The van der Waals surface area contributed by atoms with Crippen LogP contribution in [0.5, 0.6) is 0 Å². The van der Waals surface area contributed by atoms with Crippen LogP contribution in [0.15, 0.2) is 30.3 Å². The van der Waals surface area contributed by atoms with E-state index in [-0.39, 0.29) is 6.61 Å². The average molecular weight is 205 g/mol. The zero-order chi connectivity index (χ0) is 9.53. The predicted molar refractivity (Wildman–Crippen MR) is 44.9 cm³/mol. The van der Waals surface area contributed by atoms with Crippen molar-refractivity contribution in [1.82, 2.24) is 0 Å². The van der Waals surface area contributed by atoms with E-state index in [2.05, 4.69) is 0 Å². The van der Waals surface area contributed by atoms with E-state index in [9.17, 15) is 8.78 Å². The van der Waals surface area contributed by atoms with Crippen LogP contribution in [0.3, 0.4) is 0 Å². The van der Waals surface area contributed by atoms with Gasteiger partial charge in [0.25, 0.3) is 0 Å². The number of hydrogen-bond donors (Lipinski definition) is 0. The van der Waals surface area contributed by atoms with Gasteiger partial charge in [0, 0.05) is 0 Å². The number of rotatable bonds is 2. The van der Waals surface area contributed by atoms with Crippen LogP contribution >= 0.6 is 11.6 Å². The average Bonchev–Trinajstić information content (AvgIpc) is 2.84. The maximum absolute atomic E-state index is 12.9. The fraction of sp³-hybridized carbons (Fsp3) is 0.333. The minimum Gasteiger partial charge on any atom is -0.356 e. The molecule has 0 bridgehead atoms. The molecule has 0 spiro atoms. The maximum atomic E-state index is 12.9. The molecular formula is C9H7ClF2O. The molecule has 1 atom stereocenters. The van der Waals surface area contributed by atoms with E-state index < -0.39 is 11.0 Å². The molecule has 1 nitrogen and oxygen atoms in total. The first-order valence-electron chi connectivity index (χ1n) is 3.82. The summed E-state index contributed by atoms with van der Waals surface area (Å²) in [7, 11) is 0. The molecule has 1 unspecified atom stereocenters. The highest BCUT2D eigenvalue weighted by atomic mass is 35.5. The fourth-order valence-electron chi connectivity index (χ4n) is 1.27.